The quantitative estimate of drug-likeness (QED) is 0.263. The largest absolute Gasteiger partial charge is 0.452 e. The third-order valence-electron chi connectivity index (χ3n) is 4.25. The number of carbonyl (C=O) groups excluding carboxylic acids is 3. The summed E-state index contributed by atoms with van der Waals surface area (Å²) >= 11 is 1.24. The van der Waals surface area contributed by atoms with Gasteiger partial charge in [-0.3, -0.25) is 9.59 Å². The Balaban J connectivity index is 2.46. The highest BCUT2D eigenvalue weighted by molar-refractivity contribution is 8.00. The zero-order chi connectivity index (χ0) is 22.4. The number of carbonyl (C=O) groups is 3. The van der Waals surface area contributed by atoms with E-state index in [-0.39, 0.29) is 30.2 Å². The average Bonchev–Trinajstić information content (AvgIpc) is 2.70. The van der Waals surface area contributed by atoms with Crippen LogP contribution < -0.4 is 10.6 Å². The highest BCUT2D eigenvalue weighted by Crippen LogP contribution is 2.23. The van der Waals surface area contributed by atoms with E-state index in [1.165, 1.54) is 11.8 Å². The number of esters is 1. The van der Waals surface area contributed by atoms with E-state index in [1.54, 1.807) is 31.4 Å². The van der Waals surface area contributed by atoms with Crippen LogP contribution in [0.3, 0.4) is 0 Å². The van der Waals surface area contributed by atoms with E-state index in [1.807, 2.05) is 6.92 Å². The summed E-state index contributed by atoms with van der Waals surface area (Å²) in [5.41, 5.74) is 0.338. The predicted octanol–water partition coefficient (Wildman–Crippen LogP) is 3.03. The molecule has 1 aromatic rings. The number of benzene rings is 1. The van der Waals surface area contributed by atoms with Gasteiger partial charge in [0.1, 0.15) is 0 Å². The zero-order valence-electron chi connectivity index (χ0n) is 18.4. The molecule has 168 valence electrons. The van der Waals surface area contributed by atoms with Gasteiger partial charge in [0.25, 0.3) is 5.91 Å². The summed E-state index contributed by atoms with van der Waals surface area (Å²) in [5.74, 6) is -0.236. The number of hydrogen-bond donors (Lipinski definition) is 2. The molecule has 2 N–H and O–H groups in total. The summed E-state index contributed by atoms with van der Waals surface area (Å²) in [6, 6.07) is 6.92. The Morgan fingerprint density at radius 3 is 2.50 bits per heavy atom. The molecule has 30 heavy (non-hydrogen) atoms. The van der Waals surface area contributed by atoms with E-state index < -0.39 is 5.97 Å². The maximum absolute atomic E-state index is 12.4. The fraction of sp³-hybridized carbons (Fsp3) is 0.591. The van der Waals surface area contributed by atoms with Crippen LogP contribution in [0.25, 0.3) is 0 Å². The Morgan fingerprint density at radius 2 is 1.80 bits per heavy atom. The number of amides is 2. The first-order valence-corrected chi connectivity index (χ1v) is 11.3. The third-order valence-corrected chi connectivity index (χ3v) is 5.33. The van der Waals surface area contributed by atoms with E-state index in [0.29, 0.717) is 29.5 Å². The fourth-order valence-corrected chi connectivity index (χ4v) is 3.55. The van der Waals surface area contributed by atoms with Gasteiger partial charge in [0.05, 0.1) is 17.9 Å². The first-order chi connectivity index (χ1) is 14.3. The molecule has 0 aromatic heterocycles. The topological polar surface area (TPSA) is 93.7 Å². The first kappa shape index (κ1) is 26.0. The number of thioether (sulfide) groups is 1. The first-order valence-electron chi connectivity index (χ1n) is 10.3. The van der Waals surface area contributed by atoms with Crippen LogP contribution in [0, 0.1) is 5.92 Å². The Morgan fingerprint density at radius 1 is 1.07 bits per heavy atom. The van der Waals surface area contributed by atoms with Gasteiger partial charge in [0, 0.05) is 24.6 Å². The zero-order valence-corrected chi connectivity index (χ0v) is 19.2. The molecule has 0 aliphatic heterocycles. The summed E-state index contributed by atoms with van der Waals surface area (Å²) < 4.78 is 10.1. The van der Waals surface area contributed by atoms with Gasteiger partial charge in [0.15, 0.2) is 6.61 Å². The molecular weight excluding hydrogens is 404 g/mol. The summed E-state index contributed by atoms with van der Waals surface area (Å²) in [6.45, 7) is 6.84. The lowest BCUT2D eigenvalue weighted by molar-refractivity contribution is -0.124. The van der Waals surface area contributed by atoms with Gasteiger partial charge < -0.3 is 20.1 Å². The summed E-state index contributed by atoms with van der Waals surface area (Å²) in [5, 5.41) is 5.58. The van der Waals surface area contributed by atoms with Crippen LogP contribution in [-0.2, 0) is 19.1 Å². The summed E-state index contributed by atoms with van der Waals surface area (Å²) in [4.78, 5) is 37.0. The van der Waals surface area contributed by atoms with Gasteiger partial charge >= 0.3 is 5.97 Å². The molecule has 0 aliphatic carbocycles. The van der Waals surface area contributed by atoms with Crippen LogP contribution >= 0.6 is 11.8 Å². The second-order valence-electron chi connectivity index (χ2n) is 7.50. The summed E-state index contributed by atoms with van der Waals surface area (Å²) in [7, 11) is 1.57. The van der Waals surface area contributed by atoms with Crippen molar-refractivity contribution in [2.45, 2.75) is 51.0 Å². The van der Waals surface area contributed by atoms with Gasteiger partial charge in [-0.05, 0) is 31.4 Å². The second kappa shape index (κ2) is 14.8. The van der Waals surface area contributed by atoms with Gasteiger partial charge in [-0.25, -0.2) is 4.79 Å². The molecule has 1 rings (SSSR count). The van der Waals surface area contributed by atoms with Crippen molar-refractivity contribution in [3.8, 4) is 0 Å². The average molecular weight is 439 g/mol. The highest BCUT2D eigenvalue weighted by atomic mass is 32.2. The normalized spacial score (nSPS) is 11.8. The maximum Gasteiger partial charge on any atom is 0.339 e. The van der Waals surface area contributed by atoms with Gasteiger partial charge in [-0.1, -0.05) is 38.8 Å². The molecule has 0 aliphatic rings. The molecule has 2 amide bonds. The highest BCUT2D eigenvalue weighted by Gasteiger charge is 2.16. The van der Waals surface area contributed by atoms with E-state index in [4.69, 9.17) is 9.47 Å². The molecule has 0 radical (unpaired) electrons. The van der Waals surface area contributed by atoms with Crippen LogP contribution in [0.15, 0.2) is 29.2 Å². The molecule has 1 unspecified atom stereocenters. The van der Waals surface area contributed by atoms with Crippen molar-refractivity contribution in [1.29, 1.82) is 0 Å². The molecule has 1 aromatic carbocycles. The lowest BCUT2D eigenvalue weighted by Gasteiger charge is -2.15. The van der Waals surface area contributed by atoms with Crippen molar-refractivity contribution in [3.63, 3.8) is 0 Å². The molecule has 0 saturated heterocycles. The van der Waals surface area contributed by atoms with Crippen LogP contribution in [0.4, 0.5) is 0 Å². The monoisotopic (exact) mass is 438 g/mol. The van der Waals surface area contributed by atoms with Crippen LogP contribution in [0.5, 0.6) is 0 Å². The lowest BCUT2D eigenvalue weighted by Crippen LogP contribution is -2.35. The molecule has 7 nitrogen and oxygen atoms in total. The van der Waals surface area contributed by atoms with E-state index in [0.717, 1.165) is 19.3 Å². The molecular formula is C22H34N2O5S. The maximum atomic E-state index is 12.4. The molecule has 0 saturated carbocycles. The van der Waals surface area contributed by atoms with Crippen molar-refractivity contribution in [1.82, 2.24) is 10.6 Å². The number of hydrogen-bond acceptors (Lipinski definition) is 6. The van der Waals surface area contributed by atoms with Gasteiger partial charge in [0.2, 0.25) is 5.91 Å². The number of nitrogens with one attached hydrogen (secondary N) is 2. The molecule has 0 spiro atoms. The molecule has 0 bridgehead atoms. The predicted molar refractivity (Wildman–Crippen MR) is 119 cm³/mol. The van der Waals surface area contributed by atoms with Crippen LogP contribution in [0.2, 0.25) is 0 Å². The van der Waals surface area contributed by atoms with Crippen LogP contribution in [0.1, 0.15) is 50.4 Å². The number of methoxy groups -OCH3 is 1. The minimum absolute atomic E-state index is 0.0365. The van der Waals surface area contributed by atoms with Crippen molar-refractivity contribution >= 4 is 29.5 Å². The van der Waals surface area contributed by atoms with Crippen molar-refractivity contribution < 1.29 is 23.9 Å². The molecule has 1 atom stereocenters. The van der Waals surface area contributed by atoms with Crippen molar-refractivity contribution in [2.75, 3.05) is 32.6 Å². The van der Waals surface area contributed by atoms with Crippen LogP contribution in [-0.4, -0.2) is 56.4 Å². The van der Waals surface area contributed by atoms with E-state index in [2.05, 4.69) is 24.5 Å². The Bertz CT molecular complexity index is 681. The summed E-state index contributed by atoms with van der Waals surface area (Å²) in [6.07, 6.45) is 3.06. The molecule has 0 heterocycles. The van der Waals surface area contributed by atoms with E-state index in [9.17, 15) is 14.4 Å². The SMILES string of the molecule is COCCNC(=O)CSc1ccccc1C(=O)OCC(=O)NC(C)CCCC(C)C. The Labute approximate surface area is 183 Å². The standard InChI is InChI=1S/C22H34N2O5S/c1-16(2)8-7-9-17(3)24-20(25)14-29-22(27)18-10-5-6-11-19(18)30-15-21(26)23-12-13-28-4/h5-6,10-11,16-17H,7-9,12-15H2,1-4H3,(H,23,26)(H,24,25). The molecule has 0 fully saturated rings. The minimum Gasteiger partial charge on any atom is -0.452 e. The fourth-order valence-electron chi connectivity index (χ4n) is 2.68. The van der Waals surface area contributed by atoms with Gasteiger partial charge in [-0.2, -0.15) is 0 Å². The van der Waals surface area contributed by atoms with E-state index >= 15 is 0 Å². The minimum atomic E-state index is -0.583. The lowest BCUT2D eigenvalue weighted by atomic mass is 10.0. The third kappa shape index (κ3) is 11.2. The van der Waals surface area contributed by atoms with Crippen molar-refractivity contribution in [2.24, 2.45) is 5.92 Å². The van der Waals surface area contributed by atoms with Gasteiger partial charge in [-0.15, -0.1) is 11.8 Å². The smallest absolute Gasteiger partial charge is 0.339 e. The Kier molecular flexibility index (Phi) is 12.9. The van der Waals surface area contributed by atoms with Crippen molar-refractivity contribution in [3.05, 3.63) is 29.8 Å². The number of ether oxygens (including phenoxy) is 2. The molecule has 8 heteroatoms. The number of rotatable bonds is 14. The second-order valence-corrected chi connectivity index (χ2v) is 8.51. The Hall–Kier alpha value is -2.06.